The highest BCUT2D eigenvalue weighted by Gasteiger charge is 2.29. The van der Waals surface area contributed by atoms with Crippen molar-refractivity contribution in [2.45, 2.75) is 135 Å². The molecular weight excluding hydrogens is 604 g/mol. The number of rotatable bonds is 23. The van der Waals surface area contributed by atoms with Gasteiger partial charge in [-0.2, -0.15) is 4.89 Å². The standard InChI is InChI=1S/C35H56N4O8/c1-2-3-4-5-6-7-8-9-10-11-12-14-29(24-32(36)40)46-34(43)30(15-13-16-33(41)42)37-35(44)39-21-19-38(20-22-39)25-27-17-18-28-26-45-47-31(28)23-27/h17-18,23,29-30H,2-16,19-22,24-26H2,1H3,(H2,36,40)(H,37,44)(H,41,42)/t29-,30-/m0/s1. The third kappa shape index (κ3) is 14.9. The van der Waals surface area contributed by atoms with Crippen LogP contribution in [0.4, 0.5) is 4.79 Å². The number of esters is 1. The van der Waals surface area contributed by atoms with E-state index in [1.165, 1.54) is 51.4 Å². The normalized spacial score (nSPS) is 15.8. The van der Waals surface area contributed by atoms with E-state index in [-0.39, 0.29) is 25.7 Å². The van der Waals surface area contributed by atoms with E-state index in [9.17, 15) is 19.2 Å². The molecule has 0 bridgehead atoms. The number of carboxylic acids is 1. The molecule has 4 N–H and O–H groups in total. The third-order valence-electron chi connectivity index (χ3n) is 8.87. The van der Waals surface area contributed by atoms with Crippen molar-refractivity contribution in [2.24, 2.45) is 5.73 Å². The molecule has 12 nitrogen and oxygen atoms in total. The van der Waals surface area contributed by atoms with Gasteiger partial charge in [0.15, 0.2) is 5.75 Å². The number of piperazine rings is 1. The highest BCUT2D eigenvalue weighted by Crippen LogP contribution is 2.27. The Balaban J connectivity index is 1.44. The Kier molecular flexibility index (Phi) is 17.4. The first-order valence-corrected chi connectivity index (χ1v) is 17.6. The summed E-state index contributed by atoms with van der Waals surface area (Å²) in [4.78, 5) is 63.5. The second kappa shape index (κ2) is 21.5. The summed E-state index contributed by atoms with van der Waals surface area (Å²) in [6, 6.07) is 4.59. The topological polar surface area (TPSA) is 161 Å². The van der Waals surface area contributed by atoms with Crippen LogP contribution < -0.4 is 15.9 Å². The minimum absolute atomic E-state index is 0.0926. The van der Waals surface area contributed by atoms with Gasteiger partial charge < -0.3 is 30.7 Å². The molecule has 0 aromatic heterocycles. The van der Waals surface area contributed by atoms with Crippen LogP contribution in [0.25, 0.3) is 0 Å². The molecule has 0 radical (unpaired) electrons. The SMILES string of the molecule is CCCCCCCCCCCCC[C@@H](CC(N)=O)OC(=O)[C@H](CCCC(=O)O)NC(=O)N1CCN(Cc2ccc3c(c2)OOC3)CC1. The Morgan fingerprint density at radius 3 is 2.21 bits per heavy atom. The zero-order valence-corrected chi connectivity index (χ0v) is 28.2. The van der Waals surface area contributed by atoms with Crippen LogP contribution in [0.1, 0.15) is 121 Å². The largest absolute Gasteiger partial charge is 0.481 e. The summed E-state index contributed by atoms with van der Waals surface area (Å²) in [7, 11) is 0. The first kappa shape index (κ1) is 38.1. The van der Waals surface area contributed by atoms with E-state index >= 15 is 0 Å². The number of unbranched alkanes of at least 4 members (excludes halogenated alkanes) is 10. The molecule has 1 aromatic carbocycles. The van der Waals surface area contributed by atoms with Crippen molar-refractivity contribution in [3.63, 3.8) is 0 Å². The van der Waals surface area contributed by atoms with Crippen LogP contribution in [-0.4, -0.2) is 77.1 Å². The van der Waals surface area contributed by atoms with Crippen LogP contribution in [-0.2, 0) is 37.2 Å². The monoisotopic (exact) mass is 660 g/mol. The molecule has 2 atom stereocenters. The quantitative estimate of drug-likeness (QED) is 0.0788. The number of hydrogen-bond donors (Lipinski definition) is 3. The highest BCUT2D eigenvalue weighted by molar-refractivity contribution is 5.84. The Bertz CT molecular complexity index is 1120. The van der Waals surface area contributed by atoms with E-state index in [1.807, 2.05) is 18.2 Å². The van der Waals surface area contributed by atoms with Gasteiger partial charge in [0.2, 0.25) is 5.91 Å². The Morgan fingerprint density at radius 2 is 1.57 bits per heavy atom. The lowest BCUT2D eigenvalue weighted by Crippen LogP contribution is -2.54. The molecule has 3 amide bonds. The van der Waals surface area contributed by atoms with Gasteiger partial charge >= 0.3 is 18.0 Å². The number of primary amides is 1. The molecule has 2 heterocycles. The maximum atomic E-state index is 13.3. The van der Waals surface area contributed by atoms with E-state index in [2.05, 4.69) is 17.1 Å². The van der Waals surface area contributed by atoms with Crippen molar-refractivity contribution < 1.29 is 38.8 Å². The predicted octanol–water partition coefficient (Wildman–Crippen LogP) is 5.45. The van der Waals surface area contributed by atoms with E-state index in [0.717, 1.165) is 36.1 Å². The first-order valence-electron chi connectivity index (χ1n) is 17.6. The maximum absolute atomic E-state index is 13.3. The number of ether oxygens (including phenoxy) is 1. The van der Waals surface area contributed by atoms with Crippen molar-refractivity contribution in [1.82, 2.24) is 15.1 Å². The van der Waals surface area contributed by atoms with Crippen molar-refractivity contribution in [2.75, 3.05) is 26.2 Å². The second-order valence-corrected chi connectivity index (χ2v) is 12.9. The number of benzene rings is 1. The Morgan fingerprint density at radius 1 is 0.915 bits per heavy atom. The van der Waals surface area contributed by atoms with E-state index < -0.39 is 36.0 Å². The minimum Gasteiger partial charge on any atom is -0.481 e. The van der Waals surface area contributed by atoms with Gasteiger partial charge in [-0.3, -0.25) is 14.5 Å². The fourth-order valence-electron chi connectivity index (χ4n) is 6.07. The molecule has 0 spiro atoms. The summed E-state index contributed by atoms with van der Waals surface area (Å²) < 4.78 is 5.73. The smallest absolute Gasteiger partial charge is 0.328 e. The summed E-state index contributed by atoms with van der Waals surface area (Å²) in [5.41, 5.74) is 7.57. The molecule has 0 aliphatic carbocycles. The summed E-state index contributed by atoms with van der Waals surface area (Å²) >= 11 is 0. The number of nitrogens with two attached hydrogens (primary N) is 1. The highest BCUT2D eigenvalue weighted by atomic mass is 17.2. The number of urea groups is 1. The molecule has 12 heteroatoms. The van der Waals surface area contributed by atoms with Crippen LogP contribution in [0.2, 0.25) is 0 Å². The number of aliphatic carboxylic acids is 1. The average Bonchev–Trinajstić information content (AvgIpc) is 3.51. The fraction of sp³-hybridized carbons (Fsp3) is 0.714. The number of carbonyl (C=O) groups is 4. The summed E-state index contributed by atoms with van der Waals surface area (Å²) in [5.74, 6) is -1.47. The average molecular weight is 661 g/mol. The molecule has 0 unspecified atom stereocenters. The van der Waals surface area contributed by atoms with Gasteiger partial charge in [0, 0.05) is 44.7 Å². The third-order valence-corrected chi connectivity index (χ3v) is 8.87. The van der Waals surface area contributed by atoms with Gasteiger partial charge in [0.25, 0.3) is 0 Å². The zero-order valence-electron chi connectivity index (χ0n) is 28.2. The van der Waals surface area contributed by atoms with Crippen LogP contribution in [0.5, 0.6) is 5.75 Å². The number of carboxylic acid groups (broad SMARTS) is 1. The second-order valence-electron chi connectivity index (χ2n) is 12.9. The van der Waals surface area contributed by atoms with E-state index in [4.69, 9.17) is 25.4 Å². The molecule has 1 saturated heterocycles. The molecule has 1 aromatic rings. The lowest BCUT2D eigenvalue weighted by atomic mass is 10.0. The van der Waals surface area contributed by atoms with Crippen LogP contribution in [0.3, 0.4) is 0 Å². The van der Waals surface area contributed by atoms with Gasteiger partial charge in [0.05, 0.1) is 6.42 Å². The summed E-state index contributed by atoms with van der Waals surface area (Å²) in [5, 5.41) is 11.9. The zero-order chi connectivity index (χ0) is 33.9. The molecular formula is C35H56N4O8. The van der Waals surface area contributed by atoms with Crippen molar-refractivity contribution in [3.05, 3.63) is 29.3 Å². The number of amides is 3. The Labute approximate surface area is 279 Å². The molecule has 264 valence electrons. The summed E-state index contributed by atoms with van der Waals surface area (Å²) in [6.45, 7) is 5.61. The maximum Gasteiger partial charge on any atom is 0.328 e. The van der Waals surface area contributed by atoms with Crippen molar-refractivity contribution in [3.8, 4) is 5.75 Å². The van der Waals surface area contributed by atoms with Gasteiger partial charge in [-0.25, -0.2) is 9.59 Å². The van der Waals surface area contributed by atoms with Crippen LogP contribution in [0.15, 0.2) is 18.2 Å². The fourth-order valence-corrected chi connectivity index (χ4v) is 6.07. The van der Waals surface area contributed by atoms with Crippen molar-refractivity contribution >= 4 is 23.9 Å². The molecule has 0 saturated carbocycles. The molecule has 3 rings (SSSR count). The van der Waals surface area contributed by atoms with Crippen LogP contribution in [0, 0.1) is 0 Å². The van der Waals surface area contributed by atoms with Crippen LogP contribution >= 0.6 is 0 Å². The lowest BCUT2D eigenvalue weighted by Gasteiger charge is -2.35. The molecule has 2 aliphatic heterocycles. The van der Waals surface area contributed by atoms with Gasteiger partial charge in [-0.1, -0.05) is 83.3 Å². The predicted molar refractivity (Wildman–Crippen MR) is 177 cm³/mol. The number of carbonyl (C=O) groups excluding carboxylic acids is 3. The van der Waals surface area contributed by atoms with E-state index in [1.54, 1.807) is 4.90 Å². The molecule has 1 fully saturated rings. The number of fused-ring (bicyclic) bond motifs is 1. The van der Waals surface area contributed by atoms with Gasteiger partial charge in [-0.05, 0) is 37.3 Å². The number of nitrogens with one attached hydrogen (secondary N) is 1. The lowest BCUT2D eigenvalue weighted by molar-refractivity contribution is -0.194. The molecule has 47 heavy (non-hydrogen) atoms. The van der Waals surface area contributed by atoms with Crippen molar-refractivity contribution in [1.29, 1.82) is 0 Å². The minimum atomic E-state index is -1.03. The van der Waals surface area contributed by atoms with Gasteiger partial charge in [-0.15, -0.1) is 0 Å². The Hall–Kier alpha value is -3.38. The first-order chi connectivity index (χ1) is 22.7. The molecule has 2 aliphatic rings. The van der Waals surface area contributed by atoms with Gasteiger partial charge in [0.1, 0.15) is 18.8 Å². The number of nitrogens with zero attached hydrogens (tertiary/aromatic N) is 2. The summed E-state index contributed by atoms with van der Waals surface area (Å²) in [6.07, 6.45) is 12.9. The van der Waals surface area contributed by atoms with E-state index in [0.29, 0.717) is 45.8 Å². The number of hydrogen-bond acceptors (Lipinski definition) is 8.